The standard InChI is InChI=1S/C13H13IN2O4/c1-2-7-15-13(19)16-11(17)8-20-12(18)9-5-3-4-6-10(9)14/h2-6H,1,7-8H2,(H2,15,16,17,19). The van der Waals surface area contributed by atoms with Gasteiger partial charge >= 0.3 is 12.0 Å². The molecule has 3 amide bonds. The number of rotatable bonds is 5. The highest BCUT2D eigenvalue weighted by Crippen LogP contribution is 2.12. The quantitative estimate of drug-likeness (QED) is 0.455. The predicted molar refractivity (Wildman–Crippen MR) is 81.2 cm³/mol. The zero-order chi connectivity index (χ0) is 15.0. The minimum absolute atomic E-state index is 0.237. The van der Waals surface area contributed by atoms with Crippen LogP contribution in [0, 0.1) is 3.57 Å². The van der Waals surface area contributed by atoms with Crippen LogP contribution in [0.15, 0.2) is 36.9 Å². The molecular weight excluding hydrogens is 375 g/mol. The Morgan fingerprint density at radius 2 is 2.00 bits per heavy atom. The zero-order valence-electron chi connectivity index (χ0n) is 10.5. The van der Waals surface area contributed by atoms with Crippen LogP contribution in [0.1, 0.15) is 10.4 Å². The number of hydrogen-bond acceptors (Lipinski definition) is 4. The smallest absolute Gasteiger partial charge is 0.339 e. The number of ether oxygens (including phenoxy) is 1. The van der Waals surface area contributed by atoms with E-state index >= 15 is 0 Å². The highest BCUT2D eigenvalue weighted by atomic mass is 127. The minimum atomic E-state index is -0.703. The van der Waals surface area contributed by atoms with Crippen LogP contribution in [0.2, 0.25) is 0 Å². The summed E-state index contributed by atoms with van der Waals surface area (Å²) in [5, 5.41) is 4.38. The van der Waals surface area contributed by atoms with Gasteiger partial charge in [0.2, 0.25) is 0 Å². The van der Waals surface area contributed by atoms with E-state index in [2.05, 4.69) is 11.9 Å². The lowest BCUT2D eigenvalue weighted by atomic mass is 10.2. The van der Waals surface area contributed by atoms with Crippen molar-refractivity contribution in [3.63, 3.8) is 0 Å². The molecule has 2 N–H and O–H groups in total. The van der Waals surface area contributed by atoms with Gasteiger partial charge in [0.1, 0.15) is 0 Å². The van der Waals surface area contributed by atoms with Crippen molar-refractivity contribution in [2.75, 3.05) is 13.2 Å². The van der Waals surface area contributed by atoms with Crippen LogP contribution in [0.25, 0.3) is 0 Å². The Labute approximate surface area is 129 Å². The Morgan fingerprint density at radius 1 is 1.30 bits per heavy atom. The number of halogens is 1. The van der Waals surface area contributed by atoms with Crippen LogP contribution in [0.3, 0.4) is 0 Å². The number of urea groups is 1. The molecule has 0 aliphatic rings. The number of carbonyl (C=O) groups is 3. The van der Waals surface area contributed by atoms with E-state index < -0.39 is 24.5 Å². The van der Waals surface area contributed by atoms with Crippen molar-refractivity contribution >= 4 is 40.5 Å². The molecule has 0 heterocycles. The largest absolute Gasteiger partial charge is 0.452 e. The topological polar surface area (TPSA) is 84.5 Å². The molecule has 20 heavy (non-hydrogen) atoms. The van der Waals surface area contributed by atoms with E-state index in [4.69, 9.17) is 4.74 Å². The van der Waals surface area contributed by atoms with Crippen molar-refractivity contribution in [2.24, 2.45) is 0 Å². The number of hydrogen-bond donors (Lipinski definition) is 2. The summed E-state index contributed by atoms with van der Waals surface area (Å²) in [6, 6.07) is 6.16. The molecule has 0 bridgehead atoms. The van der Waals surface area contributed by atoms with Crippen molar-refractivity contribution in [2.45, 2.75) is 0 Å². The average Bonchev–Trinajstić information content (AvgIpc) is 2.43. The van der Waals surface area contributed by atoms with Crippen molar-refractivity contribution in [3.05, 3.63) is 46.1 Å². The molecule has 0 saturated carbocycles. The van der Waals surface area contributed by atoms with Gasteiger partial charge in [-0.15, -0.1) is 6.58 Å². The van der Waals surface area contributed by atoms with Crippen LogP contribution in [0.4, 0.5) is 4.79 Å². The number of imide groups is 1. The SMILES string of the molecule is C=CCNC(=O)NC(=O)COC(=O)c1ccccc1I. The zero-order valence-corrected chi connectivity index (χ0v) is 12.7. The van der Waals surface area contributed by atoms with E-state index in [-0.39, 0.29) is 6.54 Å². The van der Waals surface area contributed by atoms with E-state index in [1.165, 1.54) is 6.08 Å². The van der Waals surface area contributed by atoms with Crippen LogP contribution in [-0.4, -0.2) is 31.1 Å². The molecule has 0 saturated heterocycles. The highest BCUT2D eigenvalue weighted by Gasteiger charge is 2.13. The molecular formula is C13H13IN2O4. The first-order chi connectivity index (χ1) is 9.54. The molecule has 0 aromatic heterocycles. The van der Waals surface area contributed by atoms with E-state index in [1.54, 1.807) is 24.3 Å². The molecule has 0 fully saturated rings. The molecule has 0 radical (unpaired) electrons. The molecule has 7 heteroatoms. The van der Waals surface area contributed by atoms with E-state index in [0.29, 0.717) is 5.56 Å². The maximum atomic E-state index is 11.7. The lowest BCUT2D eigenvalue weighted by Gasteiger charge is -2.07. The van der Waals surface area contributed by atoms with Crippen molar-refractivity contribution in [1.82, 2.24) is 10.6 Å². The first kappa shape index (κ1) is 16.2. The Morgan fingerprint density at radius 3 is 2.65 bits per heavy atom. The fourth-order valence-corrected chi connectivity index (χ4v) is 1.81. The highest BCUT2D eigenvalue weighted by molar-refractivity contribution is 14.1. The lowest BCUT2D eigenvalue weighted by Crippen LogP contribution is -2.41. The molecule has 1 rings (SSSR count). The van der Waals surface area contributed by atoms with Crippen molar-refractivity contribution < 1.29 is 19.1 Å². The number of esters is 1. The first-order valence-electron chi connectivity index (χ1n) is 5.65. The molecule has 0 spiro atoms. The van der Waals surface area contributed by atoms with Gasteiger partial charge in [-0.3, -0.25) is 10.1 Å². The van der Waals surface area contributed by atoms with Gasteiger partial charge in [0.05, 0.1) is 5.56 Å². The third-order valence-electron chi connectivity index (χ3n) is 2.09. The van der Waals surface area contributed by atoms with Gasteiger partial charge in [0.15, 0.2) is 6.61 Å². The first-order valence-corrected chi connectivity index (χ1v) is 6.72. The van der Waals surface area contributed by atoms with Gasteiger partial charge in [-0.05, 0) is 34.7 Å². The summed E-state index contributed by atoms with van der Waals surface area (Å²) < 4.78 is 5.54. The van der Waals surface area contributed by atoms with Crippen molar-refractivity contribution in [3.8, 4) is 0 Å². The van der Waals surface area contributed by atoms with Gasteiger partial charge in [-0.25, -0.2) is 9.59 Å². The Hall–Kier alpha value is -1.90. The number of nitrogens with one attached hydrogen (secondary N) is 2. The van der Waals surface area contributed by atoms with Gasteiger partial charge < -0.3 is 10.1 Å². The van der Waals surface area contributed by atoms with Crippen LogP contribution < -0.4 is 10.6 Å². The maximum absolute atomic E-state index is 11.7. The summed E-state index contributed by atoms with van der Waals surface area (Å²) in [5.74, 6) is -1.32. The molecule has 1 aromatic carbocycles. The minimum Gasteiger partial charge on any atom is -0.452 e. The number of carbonyl (C=O) groups excluding carboxylic acids is 3. The second-order valence-corrected chi connectivity index (χ2v) is 4.77. The summed E-state index contributed by atoms with van der Waals surface area (Å²) in [6.45, 7) is 3.13. The van der Waals surface area contributed by atoms with Crippen LogP contribution in [-0.2, 0) is 9.53 Å². The molecule has 0 aliphatic carbocycles. The molecule has 0 aliphatic heterocycles. The molecule has 0 unspecified atom stereocenters. The van der Waals surface area contributed by atoms with Crippen LogP contribution >= 0.6 is 22.6 Å². The van der Waals surface area contributed by atoms with Crippen LogP contribution in [0.5, 0.6) is 0 Å². The van der Waals surface area contributed by atoms with Gasteiger partial charge in [0, 0.05) is 10.1 Å². The second-order valence-electron chi connectivity index (χ2n) is 3.60. The fraction of sp³-hybridized carbons (Fsp3) is 0.154. The van der Waals surface area contributed by atoms with Gasteiger partial charge in [-0.2, -0.15) is 0 Å². The third kappa shape index (κ3) is 5.39. The maximum Gasteiger partial charge on any atom is 0.339 e. The number of benzene rings is 1. The molecule has 1 aromatic rings. The third-order valence-corrected chi connectivity index (χ3v) is 3.03. The van der Waals surface area contributed by atoms with E-state index in [0.717, 1.165) is 3.57 Å². The average molecular weight is 388 g/mol. The monoisotopic (exact) mass is 388 g/mol. The Bertz CT molecular complexity index is 531. The summed E-state index contributed by atoms with van der Waals surface area (Å²) >= 11 is 1.99. The Balaban J connectivity index is 2.41. The van der Waals surface area contributed by atoms with Gasteiger partial charge in [-0.1, -0.05) is 18.2 Å². The van der Waals surface area contributed by atoms with E-state index in [9.17, 15) is 14.4 Å². The summed E-state index contributed by atoms with van der Waals surface area (Å²) in [7, 11) is 0. The molecule has 0 atom stereocenters. The molecule has 106 valence electrons. The number of amides is 3. The van der Waals surface area contributed by atoms with E-state index in [1.807, 2.05) is 27.9 Å². The summed E-state index contributed by atoms with van der Waals surface area (Å²) in [6.07, 6.45) is 1.47. The fourth-order valence-electron chi connectivity index (χ4n) is 1.21. The Kier molecular flexibility index (Phi) is 6.71. The second kappa shape index (κ2) is 8.31. The predicted octanol–water partition coefficient (Wildman–Crippen LogP) is 1.46. The summed E-state index contributed by atoms with van der Waals surface area (Å²) in [5.41, 5.74) is 0.372. The van der Waals surface area contributed by atoms with Crippen molar-refractivity contribution in [1.29, 1.82) is 0 Å². The van der Waals surface area contributed by atoms with Gasteiger partial charge in [0.25, 0.3) is 5.91 Å². The lowest BCUT2D eigenvalue weighted by molar-refractivity contribution is -0.123. The summed E-state index contributed by atoms with van der Waals surface area (Å²) in [4.78, 5) is 34.2. The molecule has 6 nitrogen and oxygen atoms in total. The normalized spacial score (nSPS) is 9.45.